The summed E-state index contributed by atoms with van der Waals surface area (Å²) in [6.07, 6.45) is 5.94. The van der Waals surface area contributed by atoms with Crippen molar-refractivity contribution in [2.75, 3.05) is 6.61 Å². The lowest BCUT2D eigenvalue weighted by molar-refractivity contribution is 0.314. The fourth-order valence-corrected chi connectivity index (χ4v) is 2.96. The Hall–Kier alpha value is -1.33. The van der Waals surface area contributed by atoms with Crippen LogP contribution in [-0.2, 0) is 0 Å². The third kappa shape index (κ3) is 2.88. The van der Waals surface area contributed by atoms with Gasteiger partial charge in [-0.2, -0.15) is 5.10 Å². The van der Waals surface area contributed by atoms with Crippen molar-refractivity contribution in [2.24, 2.45) is 0 Å². The highest BCUT2D eigenvalue weighted by Crippen LogP contribution is 2.34. The predicted octanol–water partition coefficient (Wildman–Crippen LogP) is 3.74. The van der Waals surface area contributed by atoms with E-state index in [1.54, 1.807) is 0 Å². The van der Waals surface area contributed by atoms with Crippen molar-refractivity contribution < 1.29 is 4.74 Å². The molecule has 2 unspecified atom stereocenters. The second-order valence-corrected chi connectivity index (χ2v) is 6.06. The molecule has 1 aromatic heterocycles. The maximum absolute atomic E-state index is 5.84. The van der Waals surface area contributed by atoms with Gasteiger partial charge in [-0.3, -0.25) is 5.10 Å². The van der Waals surface area contributed by atoms with E-state index < -0.39 is 0 Å². The van der Waals surface area contributed by atoms with E-state index in [1.165, 1.54) is 11.1 Å². The van der Waals surface area contributed by atoms with Crippen molar-refractivity contribution in [1.29, 1.82) is 0 Å². The van der Waals surface area contributed by atoms with Crippen LogP contribution in [0.3, 0.4) is 0 Å². The zero-order valence-electron chi connectivity index (χ0n) is 11.4. The van der Waals surface area contributed by atoms with Crippen molar-refractivity contribution >= 4 is 15.9 Å². The number of hydrogen-bond donors (Lipinski definition) is 2. The molecular formula is C15H18BrN3O. The molecule has 0 spiro atoms. The molecule has 2 heterocycles. The molecule has 1 aliphatic heterocycles. The van der Waals surface area contributed by atoms with Crippen LogP contribution >= 0.6 is 15.9 Å². The van der Waals surface area contributed by atoms with Crippen molar-refractivity contribution in [2.45, 2.75) is 31.8 Å². The van der Waals surface area contributed by atoms with Crippen molar-refractivity contribution in [3.05, 3.63) is 46.2 Å². The Kier molecular flexibility index (Phi) is 4.08. The van der Waals surface area contributed by atoms with Crippen LogP contribution in [0.1, 0.15) is 43.0 Å². The van der Waals surface area contributed by atoms with E-state index in [-0.39, 0.29) is 6.04 Å². The Bertz CT molecular complexity index is 571. The first-order valence-corrected chi connectivity index (χ1v) is 7.70. The molecule has 4 nitrogen and oxygen atoms in total. The number of aromatic nitrogens is 2. The molecule has 1 aromatic carbocycles. The molecular weight excluding hydrogens is 318 g/mol. The standard InChI is InChI=1S/C15H18BrN3O/c1-10(11-8-17-18-9-11)19-14-3-2-6-20-15-7-12(16)4-5-13(14)15/h4-5,7-10,14,19H,2-3,6H2,1H3,(H,17,18). The highest BCUT2D eigenvalue weighted by Gasteiger charge is 2.22. The largest absolute Gasteiger partial charge is 0.493 e. The van der Waals surface area contributed by atoms with Gasteiger partial charge in [-0.05, 0) is 31.9 Å². The SMILES string of the molecule is CC(NC1CCCOc2cc(Br)ccc21)c1cn[nH]c1. The molecule has 5 heteroatoms. The average Bonchev–Trinajstić information content (AvgIpc) is 2.90. The first-order valence-electron chi connectivity index (χ1n) is 6.91. The third-order valence-electron chi connectivity index (χ3n) is 3.72. The van der Waals surface area contributed by atoms with Crippen LogP contribution in [0.5, 0.6) is 5.75 Å². The summed E-state index contributed by atoms with van der Waals surface area (Å²) in [5, 5.41) is 10.6. The van der Waals surface area contributed by atoms with Gasteiger partial charge in [0.2, 0.25) is 0 Å². The van der Waals surface area contributed by atoms with Gasteiger partial charge in [0.05, 0.1) is 12.8 Å². The monoisotopic (exact) mass is 335 g/mol. The van der Waals surface area contributed by atoms with Crippen molar-refractivity contribution in [1.82, 2.24) is 15.5 Å². The van der Waals surface area contributed by atoms with E-state index in [2.05, 4.69) is 56.6 Å². The van der Waals surface area contributed by atoms with Crippen LogP contribution in [0.25, 0.3) is 0 Å². The first kappa shape index (κ1) is 13.6. The molecule has 106 valence electrons. The zero-order valence-corrected chi connectivity index (χ0v) is 13.0. The van der Waals surface area contributed by atoms with E-state index in [9.17, 15) is 0 Å². The number of nitrogens with one attached hydrogen (secondary N) is 2. The van der Waals surface area contributed by atoms with E-state index in [0.717, 1.165) is 29.7 Å². The van der Waals surface area contributed by atoms with Crippen LogP contribution < -0.4 is 10.1 Å². The van der Waals surface area contributed by atoms with E-state index in [4.69, 9.17) is 4.74 Å². The Morgan fingerprint density at radius 3 is 3.20 bits per heavy atom. The van der Waals surface area contributed by atoms with Gasteiger partial charge in [-0.1, -0.05) is 22.0 Å². The molecule has 1 aliphatic rings. The first-order chi connectivity index (χ1) is 9.74. The number of nitrogens with zero attached hydrogens (tertiary/aromatic N) is 1. The molecule has 0 aliphatic carbocycles. The molecule has 0 fully saturated rings. The van der Waals surface area contributed by atoms with Gasteiger partial charge in [-0.25, -0.2) is 0 Å². The number of rotatable bonds is 3. The smallest absolute Gasteiger partial charge is 0.125 e. The molecule has 0 amide bonds. The van der Waals surface area contributed by atoms with Crippen molar-refractivity contribution in [3.8, 4) is 5.75 Å². The summed E-state index contributed by atoms with van der Waals surface area (Å²) in [4.78, 5) is 0. The highest BCUT2D eigenvalue weighted by molar-refractivity contribution is 9.10. The van der Waals surface area contributed by atoms with Crippen LogP contribution in [0.2, 0.25) is 0 Å². The molecule has 0 saturated heterocycles. The lowest BCUT2D eigenvalue weighted by Gasteiger charge is -2.22. The van der Waals surface area contributed by atoms with Gasteiger partial charge in [-0.15, -0.1) is 0 Å². The van der Waals surface area contributed by atoms with Crippen LogP contribution in [0, 0.1) is 0 Å². The summed E-state index contributed by atoms with van der Waals surface area (Å²) in [7, 11) is 0. The number of aromatic amines is 1. The summed E-state index contributed by atoms with van der Waals surface area (Å²) in [5.74, 6) is 0.980. The number of fused-ring (bicyclic) bond motifs is 1. The van der Waals surface area contributed by atoms with Gasteiger partial charge in [0.25, 0.3) is 0 Å². The summed E-state index contributed by atoms with van der Waals surface area (Å²) >= 11 is 3.51. The quantitative estimate of drug-likeness (QED) is 0.898. The molecule has 20 heavy (non-hydrogen) atoms. The van der Waals surface area contributed by atoms with Gasteiger partial charge >= 0.3 is 0 Å². The van der Waals surface area contributed by atoms with E-state index >= 15 is 0 Å². The number of halogens is 1. The molecule has 3 rings (SSSR count). The Morgan fingerprint density at radius 2 is 2.40 bits per heavy atom. The maximum atomic E-state index is 5.84. The van der Waals surface area contributed by atoms with Crippen LogP contribution in [-0.4, -0.2) is 16.8 Å². The summed E-state index contributed by atoms with van der Waals surface area (Å²) in [6, 6.07) is 6.84. The minimum atomic E-state index is 0.258. The minimum absolute atomic E-state index is 0.258. The van der Waals surface area contributed by atoms with E-state index in [1.807, 2.05) is 12.4 Å². The molecule has 0 bridgehead atoms. The summed E-state index contributed by atoms with van der Waals surface area (Å²) in [6.45, 7) is 2.94. The number of ether oxygens (including phenoxy) is 1. The Labute approximate surface area is 127 Å². The summed E-state index contributed by atoms with van der Waals surface area (Å²) < 4.78 is 6.90. The summed E-state index contributed by atoms with van der Waals surface area (Å²) in [5.41, 5.74) is 2.41. The van der Waals surface area contributed by atoms with Gasteiger partial charge in [0.15, 0.2) is 0 Å². The van der Waals surface area contributed by atoms with Crippen molar-refractivity contribution in [3.63, 3.8) is 0 Å². The predicted molar refractivity (Wildman–Crippen MR) is 81.8 cm³/mol. The molecule has 2 N–H and O–H groups in total. The minimum Gasteiger partial charge on any atom is -0.493 e. The number of hydrogen-bond acceptors (Lipinski definition) is 3. The second-order valence-electron chi connectivity index (χ2n) is 5.15. The average molecular weight is 336 g/mol. The fourth-order valence-electron chi connectivity index (χ4n) is 2.61. The molecule has 2 atom stereocenters. The van der Waals surface area contributed by atoms with Gasteiger partial charge in [0, 0.05) is 33.9 Å². The normalized spacial score (nSPS) is 19.8. The lowest BCUT2D eigenvalue weighted by atomic mass is 10.0. The molecule has 0 saturated carbocycles. The molecule has 0 radical (unpaired) electrons. The number of H-pyrrole nitrogens is 1. The Morgan fingerprint density at radius 1 is 1.50 bits per heavy atom. The topological polar surface area (TPSA) is 49.9 Å². The third-order valence-corrected chi connectivity index (χ3v) is 4.21. The highest BCUT2D eigenvalue weighted by atomic mass is 79.9. The lowest BCUT2D eigenvalue weighted by Crippen LogP contribution is -2.24. The fraction of sp³-hybridized carbons (Fsp3) is 0.400. The van der Waals surface area contributed by atoms with Gasteiger partial charge < -0.3 is 10.1 Å². The second kappa shape index (κ2) is 5.97. The molecule has 2 aromatic rings. The van der Waals surface area contributed by atoms with Crippen LogP contribution in [0.15, 0.2) is 35.1 Å². The maximum Gasteiger partial charge on any atom is 0.125 e. The van der Waals surface area contributed by atoms with Gasteiger partial charge in [0.1, 0.15) is 5.75 Å². The van der Waals surface area contributed by atoms with E-state index in [0.29, 0.717) is 6.04 Å². The Balaban J connectivity index is 1.83. The number of benzene rings is 1. The zero-order chi connectivity index (χ0) is 13.9. The van der Waals surface area contributed by atoms with Crippen LogP contribution in [0.4, 0.5) is 0 Å².